The molecule has 7 nitrogen and oxygen atoms in total. The molecule has 3 aromatic rings. The minimum atomic E-state index is -3.45. The monoisotopic (exact) mass is 717 g/mol. The predicted molar refractivity (Wildman–Crippen MR) is 210 cm³/mol. The maximum Gasteiger partial charge on any atom is 0.232 e. The fourth-order valence-corrected chi connectivity index (χ4v) is 8.79. The Balaban J connectivity index is 1.30. The average Bonchev–Trinajstić information content (AvgIpc) is 3.65. The second kappa shape index (κ2) is 22.0. The SMILES string of the molecule is CCCCCCCCCCCCCCCCCCCCCCS(=O)(=O)Nc1ccc(C)c(-c2nc3c(Cl)c(C(CC)(CC)CC)[nH]n3n2)c1. The van der Waals surface area contributed by atoms with Gasteiger partial charge < -0.3 is 0 Å². The minimum Gasteiger partial charge on any atom is -0.284 e. The van der Waals surface area contributed by atoms with Gasteiger partial charge in [0.05, 0.1) is 11.4 Å². The van der Waals surface area contributed by atoms with Gasteiger partial charge in [-0.2, -0.15) is 4.63 Å². The topological polar surface area (TPSA) is 92.1 Å². The molecule has 0 bridgehead atoms. The Morgan fingerprint density at radius 2 is 1.20 bits per heavy atom. The number of benzene rings is 1. The van der Waals surface area contributed by atoms with Crippen LogP contribution < -0.4 is 4.72 Å². The number of unbranched alkanes of at least 4 members (excludes halogenated alkanes) is 19. The molecule has 49 heavy (non-hydrogen) atoms. The van der Waals surface area contributed by atoms with Crippen molar-refractivity contribution < 1.29 is 8.42 Å². The Labute approximate surface area is 304 Å². The smallest absolute Gasteiger partial charge is 0.232 e. The average molecular weight is 719 g/mol. The molecular weight excluding hydrogens is 650 g/mol. The van der Waals surface area contributed by atoms with Gasteiger partial charge in [0.1, 0.15) is 5.02 Å². The number of aryl methyl sites for hydroxylation is 1. The van der Waals surface area contributed by atoms with Crippen LogP contribution in [-0.2, 0) is 15.4 Å². The zero-order valence-corrected chi connectivity index (χ0v) is 33.2. The Bertz CT molecular complexity index is 1450. The molecule has 0 amide bonds. The number of sulfonamides is 1. The Hall–Kier alpha value is -2.06. The van der Waals surface area contributed by atoms with Crippen LogP contribution in [0.15, 0.2) is 18.2 Å². The van der Waals surface area contributed by atoms with Gasteiger partial charge in [0.2, 0.25) is 10.0 Å². The van der Waals surface area contributed by atoms with E-state index < -0.39 is 10.0 Å². The molecule has 0 fully saturated rings. The first-order valence-corrected chi connectivity index (χ1v) is 22.0. The molecule has 0 unspecified atom stereocenters. The molecule has 0 aliphatic carbocycles. The van der Waals surface area contributed by atoms with E-state index in [9.17, 15) is 8.42 Å². The Morgan fingerprint density at radius 3 is 1.65 bits per heavy atom. The quantitative estimate of drug-likeness (QED) is 0.0731. The summed E-state index contributed by atoms with van der Waals surface area (Å²) in [6.45, 7) is 10.8. The Morgan fingerprint density at radius 1 is 0.735 bits per heavy atom. The maximum atomic E-state index is 12.9. The Kier molecular flexibility index (Phi) is 18.6. The fraction of sp³-hybridized carbons (Fsp3) is 0.750. The van der Waals surface area contributed by atoms with E-state index in [0.29, 0.717) is 28.6 Å². The molecule has 0 aliphatic rings. The number of nitrogens with one attached hydrogen (secondary N) is 2. The molecule has 0 saturated carbocycles. The number of hydrogen-bond donors (Lipinski definition) is 2. The second-order valence-corrected chi connectivity index (χ2v) is 16.7. The number of halogens is 1. The lowest BCUT2D eigenvalue weighted by Gasteiger charge is -2.29. The molecule has 0 spiro atoms. The van der Waals surface area contributed by atoms with Gasteiger partial charge in [-0.1, -0.05) is 167 Å². The highest BCUT2D eigenvalue weighted by atomic mass is 35.5. The summed E-state index contributed by atoms with van der Waals surface area (Å²) in [4.78, 5) is 4.76. The third-order valence-corrected chi connectivity index (χ3v) is 12.6. The van der Waals surface area contributed by atoms with Crippen LogP contribution in [0.25, 0.3) is 17.0 Å². The van der Waals surface area contributed by atoms with Crippen molar-refractivity contribution in [2.75, 3.05) is 10.5 Å². The van der Waals surface area contributed by atoms with E-state index in [1.807, 2.05) is 19.1 Å². The van der Waals surface area contributed by atoms with E-state index in [1.54, 1.807) is 10.7 Å². The standard InChI is InChI=1S/C40H68ClN5O2S/c1-6-10-11-12-13-14-15-16-17-18-19-20-21-22-23-24-25-26-27-28-31-49(47,48)45-34-30-29-33(5)35(32-34)38-42-39-36(41)37(43-46(39)44-38)40(7-2,8-3)9-4/h29-30,32,43,45H,6-28,31H2,1-5H3. The van der Waals surface area contributed by atoms with Crippen molar-refractivity contribution in [1.82, 2.24) is 19.8 Å². The van der Waals surface area contributed by atoms with Crippen LogP contribution >= 0.6 is 11.6 Å². The third kappa shape index (κ3) is 13.2. The van der Waals surface area contributed by atoms with Gasteiger partial charge in [0.25, 0.3) is 0 Å². The van der Waals surface area contributed by atoms with Crippen LogP contribution in [0.3, 0.4) is 0 Å². The van der Waals surface area contributed by atoms with E-state index in [0.717, 1.165) is 48.9 Å². The van der Waals surface area contributed by atoms with Gasteiger partial charge in [-0.25, -0.2) is 13.4 Å². The van der Waals surface area contributed by atoms with Crippen molar-refractivity contribution >= 4 is 33.0 Å². The van der Waals surface area contributed by atoms with Crippen molar-refractivity contribution in [3.63, 3.8) is 0 Å². The molecule has 0 radical (unpaired) electrons. The van der Waals surface area contributed by atoms with E-state index in [1.165, 1.54) is 109 Å². The summed E-state index contributed by atoms with van der Waals surface area (Å²) in [6, 6.07) is 5.53. The van der Waals surface area contributed by atoms with Gasteiger partial charge in [-0.05, 0) is 50.3 Å². The lowest BCUT2D eigenvalue weighted by atomic mass is 9.77. The molecule has 1 aromatic carbocycles. The van der Waals surface area contributed by atoms with E-state index in [2.05, 4.69) is 37.5 Å². The molecule has 2 aromatic heterocycles. The zero-order valence-electron chi connectivity index (χ0n) is 31.6. The number of aromatic amines is 1. The van der Waals surface area contributed by atoms with Crippen molar-refractivity contribution in [2.24, 2.45) is 0 Å². The molecule has 2 heterocycles. The summed E-state index contributed by atoms with van der Waals surface area (Å²) in [5.74, 6) is 0.648. The summed E-state index contributed by atoms with van der Waals surface area (Å²) in [5, 5.41) is 8.69. The highest BCUT2D eigenvalue weighted by Gasteiger charge is 2.33. The van der Waals surface area contributed by atoms with Crippen molar-refractivity contribution in [1.29, 1.82) is 0 Å². The maximum absolute atomic E-state index is 12.9. The van der Waals surface area contributed by atoms with Gasteiger partial charge in [-0.3, -0.25) is 9.82 Å². The second-order valence-electron chi connectivity index (χ2n) is 14.5. The molecule has 3 rings (SSSR count). The highest BCUT2D eigenvalue weighted by Crippen LogP contribution is 2.40. The highest BCUT2D eigenvalue weighted by molar-refractivity contribution is 7.92. The lowest BCUT2D eigenvalue weighted by molar-refractivity contribution is 0.368. The number of aromatic nitrogens is 4. The molecule has 0 aliphatic heterocycles. The van der Waals surface area contributed by atoms with Gasteiger partial charge in [0, 0.05) is 16.7 Å². The normalized spacial score (nSPS) is 12.4. The lowest BCUT2D eigenvalue weighted by Crippen LogP contribution is -2.24. The summed E-state index contributed by atoms with van der Waals surface area (Å²) in [5.41, 5.74) is 3.80. The number of H-pyrrole nitrogens is 1. The number of hydrogen-bond acceptors (Lipinski definition) is 4. The van der Waals surface area contributed by atoms with E-state index in [4.69, 9.17) is 21.7 Å². The molecule has 0 saturated heterocycles. The van der Waals surface area contributed by atoms with Crippen LogP contribution in [0.1, 0.15) is 187 Å². The van der Waals surface area contributed by atoms with Crippen LogP contribution in [-0.4, -0.2) is 34.0 Å². The van der Waals surface area contributed by atoms with Crippen LogP contribution in [0.5, 0.6) is 0 Å². The van der Waals surface area contributed by atoms with Crippen LogP contribution in [0.2, 0.25) is 5.02 Å². The summed E-state index contributed by atoms with van der Waals surface area (Å²) < 4.78 is 30.3. The first-order chi connectivity index (χ1) is 23.7. The number of fused-ring (bicyclic) bond motifs is 1. The van der Waals surface area contributed by atoms with E-state index in [-0.39, 0.29) is 11.2 Å². The van der Waals surface area contributed by atoms with Crippen LogP contribution in [0.4, 0.5) is 5.69 Å². The van der Waals surface area contributed by atoms with Crippen molar-refractivity contribution in [3.05, 3.63) is 34.5 Å². The molecule has 2 N–H and O–H groups in total. The van der Waals surface area contributed by atoms with E-state index >= 15 is 0 Å². The molecular formula is C40H68ClN5O2S. The fourth-order valence-electron chi connectivity index (χ4n) is 7.25. The zero-order chi connectivity index (χ0) is 35.5. The third-order valence-electron chi connectivity index (χ3n) is 10.8. The number of nitrogens with zero attached hydrogens (tertiary/aromatic N) is 3. The van der Waals surface area contributed by atoms with Gasteiger partial charge >= 0.3 is 0 Å². The predicted octanol–water partition coefficient (Wildman–Crippen LogP) is 12.7. The van der Waals surface area contributed by atoms with Gasteiger partial charge in [-0.15, -0.1) is 5.10 Å². The first kappa shape index (κ1) is 41.4. The van der Waals surface area contributed by atoms with Crippen LogP contribution in [0, 0.1) is 6.92 Å². The number of anilines is 1. The molecule has 278 valence electrons. The molecule has 9 heteroatoms. The first-order valence-electron chi connectivity index (χ1n) is 20.0. The number of rotatable bonds is 28. The minimum absolute atomic E-state index is 0.0424. The summed E-state index contributed by atoms with van der Waals surface area (Å²) in [7, 11) is -3.45. The van der Waals surface area contributed by atoms with Crippen molar-refractivity contribution in [3.8, 4) is 11.4 Å². The summed E-state index contributed by atoms with van der Waals surface area (Å²) >= 11 is 6.84. The largest absolute Gasteiger partial charge is 0.284 e. The van der Waals surface area contributed by atoms with Gasteiger partial charge in [0.15, 0.2) is 11.5 Å². The molecule has 0 atom stereocenters. The summed E-state index contributed by atoms with van der Waals surface area (Å²) in [6.07, 6.45) is 29.0. The van der Waals surface area contributed by atoms with Crippen molar-refractivity contribution in [2.45, 2.75) is 188 Å².